The second kappa shape index (κ2) is 6.56. The van der Waals surface area contributed by atoms with Crippen LogP contribution in [0.4, 0.5) is 5.69 Å². The van der Waals surface area contributed by atoms with E-state index in [2.05, 4.69) is 41.6 Å². The molecule has 0 aliphatic carbocycles. The molecule has 0 fully saturated rings. The fourth-order valence-corrected chi connectivity index (χ4v) is 2.90. The smallest absolute Gasteiger partial charge is 0.0589 e. The van der Waals surface area contributed by atoms with E-state index in [9.17, 15) is 0 Å². The van der Waals surface area contributed by atoms with Crippen molar-refractivity contribution >= 4 is 17.4 Å². The van der Waals surface area contributed by atoms with E-state index in [1.54, 1.807) is 30.2 Å². The van der Waals surface area contributed by atoms with Gasteiger partial charge in [-0.1, -0.05) is 17.7 Å². The molecule has 0 aliphatic heterocycles. The fourth-order valence-electron chi connectivity index (χ4n) is 1.82. The molecule has 0 saturated heterocycles. The molecule has 0 saturated carbocycles. The third-order valence-electron chi connectivity index (χ3n) is 2.87. The number of aryl methyl sites for hydroxylation is 1. The molecule has 1 unspecified atom stereocenters. The monoisotopic (exact) mass is 274 g/mol. The molecule has 0 radical (unpaired) electrons. The molecule has 1 aromatic heterocycles. The van der Waals surface area contributed by atoms with Crippen molar-refractivity contribution in [1.29, 1.82) is 0 Å². The van der Waals surface area contributed by atoms with Crippen LogP contribution in [0.15, 0.2) is 47.6 Å². The van der Waals surface area contributed by atoms with Gasteiger partial charge in [-0.15, -0.1) is 11.8 Å². The number of hydrogen-bond acceptors (Lipinski definition) is 5. The molecule has 19 heavy (non-hydrogen) atoms. The zero-order chi connectivity index (χ0) is 13.7. The standard InChI is InChI=1S/C14H18N4S/c1-10-3-2-4-11(7-10)19-9-14(18-16)12-8-17-6-5-13(12)15/h2-8,14,18H,9,16H2,1H3,(H2,15,17). The predicted octanol–water partition coefficient (Wildman–Crippen LogP) is 2.27. The van der Waals surface area contributed by atoms with Crippen LogP contribution in [0.2, 0.25) is 0 Å². The summed E-state index contributed by atoms with van der Waals surface area (Å²) in [6.07, 6.45) is 3.44. The average Bonchev–Trinajstić information content (AvgIpc) is 2.41. The first-order valence-corrected chi connectivity index (χ1v) is 7.04. The lowest BCUT2D eigenvalue weighted by Gasteiger charge is -2.17. The lowest BCUT2D eigenvalue weighted by Crippen LogP contribution is -2.30. The Hall–Kier alpha value is -1.56. The molecular formula is C14H18N4S. The van der Waals surface area contributed by atoms with Crippen molar-refractivity contribution in [2.75, 3.05) is 11.5 Å². The maximum absolute atomic E-state index is 5.95. The summed E-state index contributed by atoms with van der Waals surface area (Å²) in [5.74, 6) is 6.42. The molecule has 4 nitrogen and oxygen atoms in total. The molecule has 1 aromatic carbocycles. The summed E-state index contributed by atoms with van der Waals surface area (Å²) in [5, 5.41) is 0. The van der Waals surface area contributed by atoms with Crippen LogP contribution < -0.4 is 17.0 Å². The Bertz CT molecular complexity index is 544. The summed E-state index contributed by atoms with van der Waals surface area (Å²) < 4.78 is 0. The van der Waals surface area contributed by atoms with Crippen molar-refractivity contribution < 1.29 is 0 Å². The van der Waals surface area contributed by atoms with E-state index in [4.69, 9.17) is 11.6 Å². The molecule has 2 aromatic rings. The first-order chi connectivity index (χ1) is 9.20. The molecule has 100 valence electrons. The lowest BCUT2D eigenvalue weighted by molar-refractivity contribution is 0.610. The SMILES string of the molecule is Cc1cccc(SCC(NN)c2cnccc2N)c1. The molecule has 1 atom stereocenters. The van der Waals surface area contributed by atoms with Gasteiger partial charge in [-0.25, -0.2) is 0 Å². The second-order valence-corrected chi connectivity index (χ2v) is 5.44. The van der Waals surface area contributed by atoms with Crippen molar-refractivity contribution in [3.05, 3.63) is 53.9 Å². The van der Waals surface area contributed by atoms with E-state index < -0.39 is 0 Å². The summed E-state index contributed by atoms with van der Waals surface area (Å²) in [7, 11) is 0. The molecule has 0 aliphatic rings. The molecular weight excluding hydrogens is 256 g/mol. The minimum Gasteiger partial charge on any atom is -0.398 e. The number of anilines is 1. The van der Waals surface area contributed by atoms with Gasteiger partial charge in [0.15, 0.2) is 0 Å². The minimum absolute atomic E-state index is 0.0146. The number of nitrogens with one attached hydrogen (secondary N) is 1. The van der Waals surface area contributed by atoms with Gasteiger partial charge >= 0.3 is 0 Å². The van der Waals surface area contributed by atoms with Gasteiger partial charge in [0.2, 0.25) is 0 Å². The van der Waals surface area contributed by atoms with E-state index in [0.29, 0.717) is 5.69 Å². The Kier molecular flexibility index (Phi) is 4.79. The van der Waals surface area contributed by atoms with Gasteiger partial charge in [0.1, 0.15) is 0 Å². The van der Waals surface area contributed by atoms with Gasteiger partial charge in [0, 0.05) is 34.3 Å². The van der Waals surface area contributed by atoms with E-state index in [1.807, 2.05) is 0 Å². The van der Waals surface area contributed by atoms with Crippen molar-refractivity contribution in [3.8, 4) is 0 Å². The van der Waals surface area contributed by atoms with Crippen LogP contribution in [0.1, 0.15) is 17.2 Å². The number of nitrogen functional groups attached to an aromatic ring is 1. The number of hydrazine groups is 1. The van der Waals surface area contributed by atoms with Crippen LogP contribution in [-0.2, 0) is 0 Å². The van der Waals surface area contributed by atoms with Crippen LogP contribution in [0.25, 0.3) is 0 Å². The summed E-state index contributed by atoms with van der Waals surface area (Å²) in [6.45, 7) is 2.09. The highest BCUT2D eigenvalue weighted by Gasteiger charge is 2.13. The number of nitrogens with zero attached hydrogens (tertiary/aromatic N) is 1. The first-order valence-electron chi connectivity index (χ1n) is 6.05. The van der Waals surface area contributed by atoms with Crippen LogP contribution in [0, 0.1) is 6.92 Å². The summed E-state index contributed by atoms with van der Waals surface area (Å²) in [4.78, 5) is 5.32. The number of aromatic nitrogens is 1. The number of pyridine rings is 1. The van der Waals surface area contributed by atoms with Crippen molar-refractivity contribution in [3.63, 3.8) is 0 Å². The Morgan fingerprint density at radius 3 is 2.89 bits per heavy atom. The van der Waals surface area contributed by atoms with E-state index >= 15 is 0 Å². The average molecular weight is 274 g/mol. The van der Waals surface area contributed by atoms with Gasteiger partial charge in [-0.05, 0) is 25.1 Å². The third-order valence-corrected chi connectivity index (χ3v) is 3.96. The predicted molar refractivity (Wildman–Crippen MR) is 80.6 cm³/mol. The van der Waals surface area contributed by atoms with Gasteiger partial charge in [0.05, 0.1) is 6.04 Å². The highest BCUT2D eigenvalue weighted by atomic mass is 32.2. The first kappa shape index (κ1) is 13.9. The van der Waals surface area contributed by atoms with Crippen LogP contribution in [-0.4, -0.2) is 10.7 Å². The summed E-state index contributed by atoms with van der Waals surface area (Å²) in [5.41, 5.74) is 11.6. The largest absolute Gasteiger partial charge is 0.398 e. The second-order valence-electron chi connectivity index (χ2n) is 4.35. The molecule has 0 amide bonds. The molecule has 5 heteroatoms. The number of nitrogens with two attached hydrogens (primary N) is 2. The molecule has 0 bridgehead atoms. The third kappa shape index (κ3) is 3.70. The number of rotatable bonds is 5. The highest BCUT2D eigenvalue weighted by Crippen LogP contribution is 2.27. The quantitative estimate of drug-likeness (QED) is 0.443. The lowest BCUT2D eigenvalue weighted by atomic mass is 10.1. The van der Waals surface area contributed by atoms with Crippen molar-refractivity contribution in [2.24, 2.45) is 5.84 Å². The van der Waals surface area contributed by atoms with Crippen LogP contribution >= 0.6 is 11.8 Å². The van der Waals surface area contributed by atoms with E-state index in [1.165, 1.54) is 10.5 Å². The Morgan fingerprint density at radius 2 is 2.21 bits per heavy atom. The van der Waals surface area contributed by atoms with Crippen LogP contribution in [0.5, 0.6) is 0 Å². The molecule has 1 heterocycles. The van der Waals surface area contributed by atoms with E-state index in [0.717, 1.165) is 11.3 Å². The van der Waals surface area contributed by atoms with Crippen molar-refractivity contribution in [2.45, 2.75) is 17.9 Å². The fraction of sp³-hybridized carbons (Fsp3) is 0.214. The Labute approximate surface area is 117 Å². The normalized spacial score (nSPS) is 12.3. The van der Waals surface area contributed by atoms with Gasteiger partial charge in [-0.3, -0.25) is 16.3 Å². The number of hydrogen-bond donors (Lipinski definition) is 3. The zero-order valence-electron chi connectivity index (χ0n) is 10.8. The Balaban J connectivity index is 2.06. The number of benzene rings is 1. The maximum Gasteiger partial charge on any atom is 0.0589 e. The molecule has 2 rings (SSSR count). The zero-order valence-corrected chi connectivity index (χ0v) is 11.7. The highest BCUT2D eigenvalue weighted by molar-refractivity contribution is 7.99. The number of thioether (sulfide) groups is 1. The van der Waals surface area contributed by atoms with Gasteiger partial charge < -0.3 is 5.73 Å². The Morgan fingerprint density at radius 1 is 1.37 bits per heavy atom. The topological polar surface area (TPSA) is 77.0 Å². The molecule has 5 N–H and O–H groups in total. The summed E-state index contributed by atoms with van der Waals surface area (Å²) in [6, 6.07) is 10.2. The van der Waals surface area contributed by atoms with Crippen molar-refractivity contribution in [1.82, 2.24) is 10.4 Å². The molecule has 0 spiro atoms. The van der Waals surface area contributed by atoms with Gasteiger partial charge in [-0.2, -0.15) is 0 Å². The maximum atomic E-state index is 5.95. The minimum atomic E-state index is -0.0146. The summed E-state index contributed by atoms with van der Waals surface area (Å²) >= 11 is 1.74. The van der Waals surface area contributed by atoms with Crippen LogP contribution in [0.3, 0.4) is 0 Å². The van der Waals surface area contributed by atoms with Gasteiger partial charge in [0.25, 0.3) is 0 Å². The van der Waals surface area contributed by atoms with E-state index in [-0.39, 0.29) is 6.04 Å².